The summed E-state index contributed by atoms with van der Waals surface area (Å²) in [5.41, 5.74) is 0.980. The van der Waals surface area contributed by atoms with Gasteiger partial charge in [-0.25, -0.2) is 9.59 Å². The molecule has 43 heavy (non-hydrogen) atoms. The highest BCUT2D eigenvalue weighted by Crippen LogP contribution is 2.29. The van der Waals surface area contributed by atoms with E-state index in [1.807, 2.05) is 0 Å². The Bertz CT molecular complexity index is 1360. The van der Waals surface area contributed by atoms with Crippen molar-refractivity contribution in [2.45, 2.75) is 25.7 Å². The van der Waals surface area contributed by atoms with Crippen LogP contribution in [-0.2, 0) is 28.7 Å². The van der Waals surface area contributed by atoms with Gasteiger partial charge in [-0.2, -0.15) is 0 Å². The number of rotatable bonds is 17. The van der Waals surface area contributed by atoms with Gasteiger partial charge in [0, 0.05) is 18.2 Å². The molecule has 11 nitrogen and oxygen atoms in total. The third-order valence-corrected chi connectivity index (χ3v) is 5.99. The predicted molar refractivity (Wildman–Crippen MR) is 155 cm³/mol. The molecule has 0 bridgehead atoms. The van der Waals surface area contributed by atoms with E-state index in [0.29, 0.717) is 35.7 Å². The second-order valence-electron chi connectivity index (χ2n) is 9.16. The summed E-state index contributed by atoms with van der Waals surface area (Å²) in [5, 5.41) is 0. The average molecular weight is 592 g/mol. The van der Waals surface area contributed by atoms with E-state index in [-0.39, 0.29) is 25.5 Å². The molecule has 3 rings (SSSR count). The van der Waals surface area contributed by atoms with Gasteiger partial charge in [0.25, 0.3) is 11.8 Å². The molecule has 0 unspecified atom stereocenters. The quantitative estimate of drug-likeness (QED) is 0.0662. The minimum absolute atomic E-state index is 0.118. The molecule has 0 atom stereocenters. The number of carbonyl (C=O) groups excluding carboxylic acids is 5. The lowest BCUT2D eigenvalue weighted by atomic mass is 10.2. The van der Waals surface area contributed by atoms with Crippen molar-refractivity contribution < 1.29 is 47.7 Å². The number of ether oxygens (including phenoxy) is 5. The first-order valence-corrected chi connectivity index (χ1v) is 13.6. The van der Waals surface area contributed by atoms with Crippen molar-refractivity contribution >= 4 is 35.8 Å². The number of imide groups is 1. The van der Waals surface area contributed by atoms with Crippen LogP contribution in [0.4, 0.5) is 0 Å². The summed E-state index contributed by atoms with van der Waals surface area (Å²) in [7, 11) is 1.45. The van der Waals surface area contributed by atoms with Crippen LogP contribution >= 0.6 is 0 Å². The van der Waals surface area contributed by atoms with Crippen molar-refractivity contribution in [2.75, 3.05) is 33.5 Å². The summed E-state index contributed by atoms with van der Waals surface area (Å²) in [6, 6.07) is 11.4. The lowest BCUT2D eigenvalue weighted by molar-refractivity contribution is -0.151. The summed E-state index contributed by atoms with van der Waals surface area (Å²) < 4.78 is 26.5. The highest BCUT2D eigenvalue weighted by molar-refractivity contribution is 6.14. The number of unbranched alkanes of at least 4 members (excludes halogenated alkanes) is 3. The molecule has 0 spiro atoms. The summed E-state index contributed by atoms with van der Waals surface area (Å²) in [5.74, 6) is -1.59. The van der Waals surface area contributed by atoms with E-state index in [4.69, 9.17) is 23.7 Å². The number of nitrogens with zero attached hydrogens (tertiary/aromatic N) is 1. The topological polar surface area (TPSA) is 135 Å². The van der Waals surface area contributed by atoms with Crippen LogP contribution in [0.15, 0.2) is 73.3 Å². The zero-order chi connectivity index (χ0) is 31.0. The van der Waals surface area contributed by atoms with Crippen LogP contribution < -0.4 is 14.2 Å². The maximum atomic E-state index is 12.7. The van der Waals surface area contributed by atoms with E-state index in [2.05, 4.69) is 6.58 Å². The number of esters is 3. The maximum absolute atomic E-state index is 12.7. The molecule has 1 aliphatic rings. The molecule has 0 aromatic heterocycles. The van der Waals surface area contributed by atoms with E-state index in [0.717, 1.165) is 36.3 Å². The highest BCUT2D eigenvalue weighted by atomic mass is 16.6. The summed E-state index contributed by atoms with van der Waals surface area (Å²) in [4.78, 5) is 59.8. The number of benzene rings is 2. The second-order valence-corrected chi connectivity index (χ2v) is 9.16. The van der Waals surface area contributed by atoms with Crippen molar-refractivity contribution in [1.29, 1.82) is 0 Å². The summed E-state index contributed by atoms with van der Waals surface area (Å²) in [6.07, 6.45) is 9.64. The zero-order valence-electron chi connectivity index (χ0n) is 23.8. The number of hydrogen-bond donors (Lipinski definition) is 0. The molecule has 0 aliphatic carbocycles. The van der Waals surface area contributed by atoms with Crippen LogP contribution in [0.3, 0.4) is 0 Å². The second kappa shape index (κ2) is 16.9. The predicted octanol–water partition coefficient (Wildman–Crippen LogP) is 4.06. The third-order valence-electron chi connectivity index (χ3n) is 5.99. The van der Waals surface area contributed by atoms with Gasteiger partial charge in [-0.05, 0) is 73.7 Å². The van der Waals surface area contributed by atoms with Crippen molar-refractivity contribution in [3.63, 3.8) is 0 Å². The van der Waals surface area contributed by atoms with Gasteiger partial charge in [-0.1, -0.05) is 18.7 Å². The van der Waals surface area contributed by atoms with E-state index < -0.39 is 29.7 Å². The molecule has 1 heterocycles. The van der Waals surface area contributed by atoms with Crippen molar-refractivity contribution in [3.05, 3.63) is 84.5 Å². The Morgan fingerprint density at radius 3 is 2.23 bits per heavy atom. The number of amides is 2. The fourth-order valence-electron chi connectivity index (χ4n) is 3.77. The SMILES string of the molecule is C=CCOC(=O)/C=C/c1ccc(OC(=O)c2ccc(OCCCCCCOC(=O)CN3C(=O)C=CC3=O)cc2)c(OC)c1. The average Bonchev–Trinajstić information content (AvgIpc) is 3.33. The first-order chi connectivity index (χ1) is 20.8. The summed E-state index contributed by atoms with van der Waals surface area (Å²) in [6.45, 7) is 3.90. The molecule has 0 radical (unpaired) electrons. The molecule has 1 aliphatic heterocycles. The number of carbonyl (C=O) groups is 5. The van der Waals surface area contributed by atoms with Crippen LogP contribution in [0.25, 0.3) is 6.08 Å². The minimum Gasteiger partial charge on any atom is -0.494 e. The van der Waals surface area contributed by atoms with Crippen LogP contribution in [0, 0.1) is 0 Å². The summed E-state index contributed by atoms with van der Waals surface area (Å²) >= 11 is 0. The Kier molecular flexibility index (Phi) is 12.7. The van der Waals surface area contributed by atoms with E-state index in [9.17, 15) is 24.0 Å². The molecule has 0 saturated heterocycles. The first kappa shape index (κ1) is 32.3. The molecule has 2 aromatic rings. The van der Waals surface area contributed by atoms with Crippen molar-refractivity contribution in [1.82, 2.24) is 4.90 Å². The normalized spacial score (nSPS) is 12.3. The zero-order valence-corrected chi connectivity index (χ0v) is 23.8. The Hall–Kier alpha value is -5.19. The van der Waals surface area contributed by atoms with Crippen LogP contribution in [0.5, 0.6) is 17.2 Å². The van der Waals surface area contributed by atoms with E-state index in [1.165, 1.54) is 19.3 Å². The van der Waals surface area contributed by atoms with Crippen LogP contribution in [0.2, 0.25) is 0 Å². The molecule has 0 fully saturated rings. The molecule has 11 heteroatoms. The monoisotopic (exact) mass is 591 g/mol. The van der Waals surface area contributed by atoms with Gasteiger partial charge < -0.3 is 23.7 Å². The molecule has 2 aromatic carbocycles. The fourth-order valence-corrected chi connectivity index (χ4v) is 3.77. The van der Waals surface area contributed by atoms with Crippen LogP contribution in [0.1, 0.15) is 41.6 Å². The molecule has 0 saturated carbocycles. The van der Waals surface area contributed by atoms with Gasteiger partial charge in [0.2, 0.25) is 0 Å². The Morgan fingerprint density at radius 2 is 1.56 bits per heavy atom. The van der Waals surface area contributed by atoms with Gasteiger partial charge in [0.05, 0.1) is 25.9 Å². The van der Waals surface area contributed by atoms with Gasteiger partial charge >= 0.3 is 17.9 Å². The first-order valence-electron chi connectivity index (χ1n) is 13.6. The molecular formula is C32H33NO10. The maximum Gasteiger partial charge on any atom is 0.343 e. The van der Waals surface area contributed by atoms with E-state index in [1.54, 1.807) is 48.5 Å². The Morgan fingerprint density at radius 1 is 0.860 bits per heavy atom. The van der Waals surface area contributed by atoms with Crippen molar-refractivity contribution in [3.8, 4) is 17.2 Å². The lowest BCUT2D eigenvalue weighted by Gasteiger charge is -2.12. The van der Waals surface area contributed by atoms with Gasteiger partial charge in [0.1, 0.15) is 18.9 Å². The largest absolute Gasteiger partial charge is 0.494 e. The molecule has 0 N–H and O–H groups in total. The smallest absolute Gasteiger partial charge is 0.343 e. The van der Waals surface area contributed by atoms with Gasteiger partial charge in [0.15, 0.2) is 11.5 Å². The molecular weight excluding hydrogens is 558 g/mol. The molecule has 226 valence electrons. The van der Waals surface area contributed by atoms with Gasteiger partial charge in [-0.3, -0.25) is 19.3 Å². The number of methoxy groups -OCH3 is 1. The lowest BCUT2D eigenvalue weighted by Crippen LogP contribution is -2.35. The fraction of sp³-hybridized carbons (Fsp3) is 0.281. The van der Waals surface area contributed by atoms with Crippen LogP contribution in [-0.4, -0.2) is 68.1 Å². The van der Waals surface area contributed by atoms with E-state index >= 15 is 0 Å². The Balaban J connectivity index is 1.34. The Labute approximate surface area is 249 Å². The van der Waals surface area contributed by atoms with Crippen molar-refractivity contribution in [2.24, 2.45) is 0 Å². The highest BCUT2D eigenvalue weighted by Gasteiger charge is 2.26. The third kappa shape index (κ3) is 10.6. The standard InChI is InChI=1S/C32H33NO10/c1-3-18-41-30(36)17-9-23-8-14-26(27(21-23)39-2)43-32(38)24-10-12-25(13-11-24)40-19-6-4-5-7-20-42-31(37)22-33-28(34)15-16-29(33)35/h3,8-17,21H,1,4-7,18-20,22H2,2H3/b17-9+. The number of hydrogen-bond acceptors (Lipinski definition) is 10. The van der Waals surface area contributed by atoms with Gasteiger partial charge in [-0.15, -0.1) is 0 Å². The minimum atomic E-state index is -0.619. The molecule has 2 amide bonds.